The Bertz CT molecular complexity index is 1820. The standard InChI is InChI=1S/C39H47ClN8/c1-38(2,3)47-13-10-31(11-14-47)48-24-34(45-46-48)36(28-7-5-4-6-8-28)43-30-18-32-35(29(22-41)23-42-37(32)33(40)19-30)44-39-12-9-25-15-26(20-39)17-27(16-25)21-39/h4-8,18-19,23-27,31,36,43H,9-17,20-21H2,1-3H3,(H,42,44)/t25?,26?,27?,36-,39?/m0/s1. The molecule has 4 aliphatic carbocycles. The maximum atomic E-state index is 10.3. The van der Waals surface area contributed by atoms with E-state index >= 15 is 0 Å². The number of halogens is 1. The first kappa shape index (κ1) is 31.6. The number of hydrogen-bond acceptors (Lipinski definition) is 7. The van der Waals surface area contributed by atoms with Crippen LogP contribution in [-0.4, -0.2) is 49.0 Å². The molecule has 2 unspecified atom stereocenters. The van der Waals surface area contributed by atoms with Gasteiger partial charge in [0.05, 0.1) is 40.1 Å². The van der Waals surface area contributed by atoms with Gasteiger partial charge < -0.3 is 10.6 Å². The van der Waals surface area contributed by atoms with Crippen LogP contribution in [0.4, 0.5) is 11.4 Å². The zero-order valence-corrected chi connectivity index (χ0v) is 29.2. The summed E-state index contributed by atoms with van der Waals surface area (Å²) >= 11 is 7.01. The lowest BCUT2D eigenvalue weighted by atomic mass is 9.65. The Hall–Kier alpha value is -3.67. The molecule has 1 aliphatic heterocycles. The van der Waals surface area contributed by atoms with Gasteiger partial charge in [0.25, 0.3) is 0 Å². The first-order chi connectivity index (χ1) is 23.2. The second-order valence-corrected chi connectivity index (χ2v) is 16.6. The number of nitriles is 1. The molecule has 4 bridgehead atoms. The molecule has 9 heteroatoms. The summed E-state index contributed by atoms with van der Waals surface area (Å²) in [6.07, 6.45) is 14.8. The predicted molar refractivity (Wildman–Crippen MR) is 192 cm³/mol. The quantitative estimate of drug-likeness (QED) is 0.204. The molecule has 4 saturated carbocycles. The molecule has 0 radical (unpaired) electrons. The monoisotopic (exact) mass is 662 g/mol. The summed E-state index contributed by atoms with van der Waals surface area (Å²) in [7, 11) is 0. The van der Waals surface area contributed by atoms with Crippen molar-refractivity contribution >= 4 is 33.9 Å². The van der Waals surface area contributed by atoms with Gasteiger partial charge in [-0.3, -0.25) is 9.88 Å². The van der Waals surface area contributed by atoms with Crippen molar-refractivity contribution in [3.05, 3.63) is 76.7 Å². The predicted octanol–water partition coefficient (Wildman–Crippen LogP) is 8.76. The first-order valence-corrected chi connectivity index (χ1v) is 18.3. The Kier molecular flexibility index (Phi) is 8.12. The summed E-state index contributed by atoms with van der Waals surface area (Å²) in [4.78, 5) is 7.24. The van der Waals surface area contributed by atoms with E-state index in [4.69, 9.17) is 16.7 Å². The molecule has 5 fully saturated rings. The summed E-state index contributed by atoms with van der Waals surface area (Å²) in [6, 6.07) is 17.0. The van der Waals surface area contributed by atoms with E-state index in [0.29, 0.717) is 22.1 Å². The van der Waals surface area contributed by atoms with Crippen molar-refractivity contribution in [2.24, 2.45) is 17.8 Å². The Balaban J connectivity index is 1.12. The fraction of sp³-hybridized carbons (Fsp3) is 0.538. The normalized spacial score (nSPS) is 26.7. The Morgan fingerprint density at radius 2 is 1.73 bits per heavy atom. The highest BCUT2D eigenvalue weighted by Crippen LogP contribution is 2.54. The smallest absolute Gasteiger partial charge is 0.109 e. The minimum atomic E-state index is -0.238. The van der Waals surface area contributed by atoms with Crippen molar-refractivity contribution in [1.29, 1.82) is 5.26 Å². The number of nitrogens with zero attached hydrogens (tertiary/aromatic N) is 6. The van der Waals surface area contributed by atoms with Crippen LogP contribution >= 0.6 is 11.6 Å². The number of nitrogens with one attached hydrogen (secondary N) is 2. The molecule has 48 heavy (non-hydrogen) atoms. The summed E-state index contributed by atoms with van der Waals surface area (Å²) in [5.41, 5.74) is 5.17. The van der Waals surface area contributed by atoms with Gasteiger partial charge in [-0.2, -0.15) is 5.26 Å². The third kappa shape index (κ3) is 6.05. The molecule has 2 N–H and O–H groups in total. The topological polar surface area (TPSA) is 94.7 Å². The maximum Gasteiger partial charge on any atom is 0.109 e. The van der Waals surface area contributed by atoms with E-state index in [1.807, 2.05) is 12.1 Å². The number of pyridine rings is 1. The van der Waals surface area contributed by atoms with E-state index in [9.17, 15) is 5.26 Å². The van der Waals surface area contributed by atoms with E-state index in [1.54, 1.807) is 6.20 Å². The third-order valence-electron chi connectivity index (χ3n) is 11.9. The number of fused-ring (bicyclic) bond motifs is 2. The number of aromatic nitrogens is 4. The number of benzene rings is 2. The van der Waals surface area contributed by atoms with Gasteiger partial charge in [-0.25, -0.2) is 4.68 Å². The van der Waals surface area contributed by atoms with E-state index in [0.717, 1.165) is 78.1 Å². The van der Waals surface area contributed by atoms with Crippen LogP contribution in [0.2, 0.25) is 5.02 Å². The highest BCUT2D eigenvalue weighted by Gasteiger charge is 2.48. The number of rotatable bonds is 7. The first-order valence-electron chi connectivity index (χ1n) is 18.0. The molecule has 0 amide bonds. The van der Waals surface area contributed by atoms with Crippen molar-refractivity contribution in [1.82, 2.24) is 24.9 Å². The average Bonchev–Trinajstić information content (AvgIpc) is 3.48. The molecule has 1 saturated heterocycles. The lowest BCUT2D eigenvalue weighted by Gasteiger charge is -2.46. The van der Waals surface area contributed by atoms with E-state index in [2.05, 4.69) is 93.8 Å². The van der Waals surface area contributed by atoms with Gasteiger partial charge in [0, 0.05) is 41.4 Å². The van der Waals surface area contributed by atoms with Crippen molar-refractivity contribution in [2.75, 3.05) is 23.7 Å². The molecule has 3 atom stereocenters. The molecule has 250 valence electrons. The van der Waals surface area contributed by atoms with Crippen LogP contribution in [0.25, 0.3) is 10.9 Å². The lowest BCUT2D eigenvalue weighted by Crippen LogP contribution is -2.46. The SMILES string of the molecule is CC(C)(C)N1CCC(n2cc([C@@H](Nc3cc(Cl)c4ncc(C#N)c(NC56CCC7CC(CC(C7)C5)C6)c4c3)c3ccccc3)nn2)CC1. The fourth-order valence-corrected chi connectivity index (χ4v) is 9.95. The van der Waals surface area contributed by atoms with Gasteiger partial charge in [0.1, 0.15) is 11.8 Å². The van der Waals surface area contributed by atoms with Crippen LogP contribution in [0.3, 0.4) is 0 Å². The van der Waals surface area contributed by atoms with Crippen LogP contribution < -0.4 is 10.6 Å². The minimum Gasteiger partial charge on any atom is -0.378 e. The molecule has 3 heterocycles. The number of likely N-dealkylation sites (tertiary alicyclic amines) is 1. The summed E-state index contributed by atoms with van der Waals surface area (Å²) in [5, 5.41) is 28.9. The zero-order chi connectivity index (χ0) is 33.0. The van der Waals surface area contributed by atoms with Crippen LogP contribution in [0.15, 0.2) is 54.9 Å². The van der Waals surface area contributed by atoms with Crippen molar-refractivity contribution in [3.8, 4) is 6.07 Å². The maximum absolute atomic E-state index is 10.3. The molecular weight excluding hydrogens is 616 g/mol. The highest BCUT2D eigenvalue weighted by atomic mass is 35.5. The minimum absolute atomic E-state index is 0.0166. The van der Waals surface area contributed by atoms with E-state index < -0.39 is 0 Å². The Morgan fingerprint density at radius 3 is 2.44 bits per heavy atom. The largest absolute Gasteiger partial charge is 0.378 e. The number of piperidine rings is 1. The molecule has 0 spiro atoms. The summed E-state index contributed by atoms with van der Waals surface area (Å²) in [5.74, 6) is 2.42. The van der Waals surface area contributed by atoms with Crippen molar-refractivity contribution < 1.29 is 0 Å². The molecule has 2 aromatic heterocycles. The lowest BCUT2D eigenvalue weighted by molar-refractivity contribution is 0.0866. The van der Waals surface area contributed by atoms with Gasteiger partial charge in [-0.1, -0.05) is 47.1 Å². The molecule has 8 nitrogen and oxygen atoms in total. The van der Waals surface area contributed by atoms with Crippen LogP contribution in [-0.2, 0) is 0 Å². The Labute approximate surface area is 289 Å². The van der Waals surface area contributed by atoms with Crippen molar-refractivity contribution in [3.63, 3.8) is 0 Å². The molecule has 9 rings (SSSR count). The molecule has 4 aromatic rings. The second kappa shape index (κ2) is 12.3. The summed E-state index contributed by atoms with van der Waals surface area (Å²) < 4.78 is 2.07. The molecular formula is C39H47ClN8. The van der Waals surface area contributed by atoms with Crippen LogP contribution in [0.5, 0.6) is 0 Å². The van der Waals surface area contributed by atoms with Gasteiger partial charge in [-0.05, 0) is 114 Å². The highest BCUT2D eigenvalue weighted by molar-refractivity contribution is 6.35. The second-order valence-electron chi connectivity index (χ2n) is 16.2. The zero-order valence-electron chi connectivity index (χ0n) is 28.4. The summed E-state index contributed by atoms with van der Waals surface area (Å²) in [6.45, 7) is 8.97. The van der Waals surface area contributed by atoms with Gasteiger partial charge in [-0.15, -0.1) is 5.10 Å². The number of anilines is 2. The van der Waals surface area contributed by atoms with Gasteiger partial charge >= 0.3 is 0 Å². The molecule has 2 aromatic carbocycles. The molecule has 5 aliphatic rings. The van der Waals surface area contributed by atoms with Gasteiger partial charge in [0.2, 0.25) is 0 Å². The Morgan fingerprint density at radius 1 is 1.00 bits per heavy atom. The van der Waals surface area contributed by atoms with Gasteiger partial charge in [0.15, 0.2) is 0 Å². The number of hydrogen-bond donors (Lipinski definition) is 2. The van der Waals surface area contributed by atoms with Crippen molar-refractivity contribution in [2.45, 2.75) is 102 Å². The third-order valence-corrected chi connectivity index (χ3v) is 12.2. The average molecular weight is 663 g/mol. The fourth-order valence-electron chi connectivity index (χ4n) is 9.68. The van der Waals surface area contributed by atoms with E-state index in [-0.39, 0.29) is 17.1 Å². The van der Waals surface area contributed by atoms with E-state index in [1.165, 1.54) is 38.5 Å². The van der Waals surface area contributed by atoms with Crippen LogP contribution in [0, 0.1) is 29.1 Å². The van der Waals surface area contributed by atoms with Crippen LogP contribution in [0.1, 0.15) is 107 Å².